The van der Waals surface area contributed by atoms with E-state index in [-0.39, 0.29) is 18.9 Å². The van der Waals surface area contributed by atoms with Crippen molar-refractivity contribution in [2.45, 2.75) is 13.3 Å². The molecule has 0 aromatic carbocycles. The zero-order chi connectivity index (χ0) is 13.4. The van der Waals surface area contributed by atoms with E-state index in [1.54, 1.807) is 12.4 Å². The number of nitrogens with one attached hydrogen (secondary N) is 1. The number of H-pyrrole nitrogens is 1. The van der Waals surface area contributed by atoms with Crippen molar-refractivity contribution in [3.05, 3.63) is 23.7 Å². The second-order valence-corrected chi connectivity index (χ2v) is 4.27. The number of amides is 1. The van der Waals surface area contributed by atoms with Gasteiger partial charge in [-0.05, 0) is 6.92 Å². The van der Waals surface area contributed by atoms with Crippen LogP contribution in [0, 0.1) is 18.3 Å². The van der Waals surface area contributed by atoms with Crippen LogP contribution in [-0.2, 0) is 11.2 Å². The number of nitrogens with zero attached hydrogens (tertiary/aromatic N) is 5. The molecule has 94 valence electrons. The lowest BCUT2D eigenvalue weighted by Gasteiger charge is -2.12. The van der Waals surface area contributed by atoms with Crippen molar-refractivity contribution in [2.75, 3.05) is 11.4 Å². The number of hydrogen-bond acceptors (Lipinski definition) is 5. The number of rotatable bonds is 2. The fourth-order valence-corrected chi connectivity index (χ4v) is 2.07. The molecule has 1 aliphatic heterocycles. The number of carbonyl (C=O) groups is 1. The van der Waals surface area contributed by atoms with Crippen LogP contribution in [0.25, 0.3) is 11.4 Å². The molecule has 2 aromatic heterocycles. The molecule has 0 spiro atoms. The summed E-state index contributed by atoms with van der Waals surface area (Å²) in [5.41, 5.74) is 2.40. The quantitative estimate of drug-likeness (QED) is 0.791. The van der Waals surface area contributed by atoms with Crippen molar-refractivity contribution in [1.82, 2.24) is 20.2 Å². The van der Waals surface area contributed by atoms with Gasteiger partial charge in [0.05, 0.1) is 24.3 Å². The Morgan fingerprint density at radius 1 is 1.53 bits per heavy atom. The second kappa shape index (κ2) is 4.17. The number of aromatic nitrogens is 4. The molecule has 1 N–H and O–H groups in total. The van der Waals surface area contributed by atoms with E-state index in [2.05, 4.69) is 20.2 Å². The van der Waals surface area contributed by atoms with Crippen molar-refractivity contribution >= 4 is 11.7 Å². The maximum atomic E-state index is 11.8. The highest BCUT2D eigenvalue weighted by Gasteiger charge is 2.29. The summed E-state index contributed by atoms with van der Waals surface area (Å²) in [6.45, 7) is 1.88. The summed E-state index contributed by atoms with van der Waals surface area (Å²) in [5.74, 6) is 0.909. The third kappa shape index (κ3) is 1.74. The van der Waals surface area contributed by atoms with Crippen LogP contribution in [0.3, 0.4) is 0 Å². The van der Waals surface area contributed by atoms with Crippen molar-refractivity contribution in [3.8, 4) is 17.5 Å². The van der Waals surface area contributed by atoms with Crippen LogP contribution in [-0.4, -0.2) is 32.6 Å². The Bertz CT molecular complexity index is 698. The summed E-state index contributed by atoms with van der Waals surface area (Å²) < 4.78 is 0. The third-order valence-corrected chi connectivity index (χ3v) is 3.04. The highest BCUT2D eigenvalue weighted by molar-refractivity contribution is 6.00. The number of fused-ring (bicyclic) bond motifs is 1. The van der Waals surface area contributed by atoms with Crippen LogP contribution in [0.4, 0.5) is 5.82 Å². The Labute approximate surface area is 108 Å². The zero-order valence-electron chi connectivity index (χ0n) is 10.2. The van der Waals surface area contributed by atoms with Crippen LogP contribution in [0.1, 0.15) is 11.3 Å². The maximum Gasteiger partial charge on any atom is 0.233 e. The first kappa shape index (κ1) is 11.3. The average Bonchev–Trinajstić information content (AvgIpc) is 2.94. The molecule has 7 heteroatoms. The lowest BCUT2D eigenvalue weighted by molar-refractivity contribution is -0.117. The highest BCUT2D eigenvalue weighted by Crippen LogP contribution is 2.28. The van der Waals surface area contributed by atoms with Gasteiger partial charge in [-0.1, -0.05) is 0 Å². The molecule has 0 unspecified atom stereocenters. The Hall–Kier alpha value is -2.75. The molecule has 0 radical (unpaired) electrons. The molecule has 7 nitrogen and oxygen atoms in total. The molecule has 2 aromatic rings. The van der Waals surface area contributed by atoms with E-state index in [0.29, 0.717) is 11.6 Å². The minimum atomic E-state index is -0.119. The second-order valence-electron chi connectivity index (χ2n) is 4.27. The Kier molecular flexibility index (Phi) is 2.49. The number of carbonyl (C=O) groups excluding carboxylic acids is 1. The molecule has 3 heterocycles. The molecule has 19 heavy (non-hydrogen) atoms. The molecule has 0 aliphatic carbocycles. The van der Waals surface area contributed by atoms with Gasteiger partial charge in [0, 0.05) is 17.5 Å². The minimum Gasteiger partial charge on any atom is -0.282 e. The standard InChI is InChI=1S/C12H10N6O/c1-7-9(6-15-17-7)11-14-5-8-4-10(19)18(3-2-13)12(8)16-11/h5-6H,3-4H2,1H3,(H,15,17). The van der Waals surface area contributed by atoms with Gasteiger partial charge < -0.3 is 0 Å². The van der Waals surface area contributed by atoms with Gasteiger partial charge in [-0.15, -0.1) is 0 Å². The van der Waals surface area contributed by atoms with Crippen LogP contribution in [0.15, 0.2) is 12.4 Å². The third-order valence-electron chi connectivity index (χ3n) is 3.04. The fraction of sp³-hybridized carbons (Fsp3) is 0.250. The Balaban J connectivity index is 2.08. The van der Waals surface area contributed by atoms with Gasteiger partial charge in [-0.2, -0.15) is 10.4 Å². The van der Waals surface area contributed by atoms with Crippen molar-refractivity contribution in [3.63, 3.8) is 0 Å². The smallest absolute Gasteiger partial charge is 0.233 e. The summed E-state index contributed by atoms with van der Waals surface area (Å²) in [6.07, 6.45) is 3.53. The molecule has 0 saturated carbocycles. The van der Waals surface area contributed by atoms with Crippen molar-refractivity contribution < 1.29 is 4.79 Å². The lowest BCUT2D eigenvalue weighted by Crippen LogP contribution is -2.27. The van der Waals surface area contributed by atoms with E-state index in [1.165, 1.54) is 4.90 Å². The number of aryl methyl sites for hydroxylation is 1. The first-order chi connectivity index (χ1) is 9.20. The zero-order valence-corrected chi connectivity index (χ0v) is 10.2. The highest BCUT2D eigenvalue weighted by atomic mass is 16.2. The van der Waals surface area contributed by atoms with Crippen molar-refractivity contribution in [1.29, 1.82) is 5.26 Å². The van der Waals surface area contributed by atoms with Gasteiger partial charge >= 0.3 is 0 Å². The predicted octanol–water partition coefficient (Wildman–Crippen LogP) is 0.588. The maximum absolute atomic E-state index is 11.8. The summed E-state index contributed by atoms with van der Waals surface area (Å²) in [5, 5.41) is 15.5. The number of aromatic amines is 1. The molecule has 0 fully saturated rings. The van der Waals surface area contributed by atoms with Gasteiger partial charge in [0.1, 0.15) is 12.4 Å². The molecular formula is C12H10N6O. The molecule has 0 bridgehead atoms. The number of anilines is 1. The summed E-state index contributed by atoms with van der Waals surface area (Å²) in [4.78, 5) is 21.8. The largest absolute Gasteiger partial charge is 0.282 e. The Morgan fingerprint density at radius 3 is 3.05 bits per heavy atom. The molecule has 1 amide bonds. The summed E-state index contributed by atoms with van der Waals surface area (Å²) in [6, 6.07) is 1.97. The minimum absolute atomic E-state index is 0.00660. The van der Waals surface area contributed by atoms with E-state index >= 15 is 0 Å². The van der Waals surface area contributed by atoms with Crippen LogP contribution in [0.2, 0.25) is 0 Å². The van der Waals surface area contributed by atoms with E-state index in [4.69, 9.17) is 5.26 Å². The van der Waals surface area contributed by atoms with Crippen molar-refractivity contribution in [2.24, 2.45) is 0 Å². The first-order valence-electron chi connectivity index (χ1n) is 5.74. The van der Waals surface area contributed by atoms with E-state index in [1.807, 2.05) is 13.0 Å². The molecule has 3 rings (SSSR count). The summed E-state index contributed by atoms with van der Waals surface area (Å²) in [7, 11) is 0. The van der Waals surface area contributed by atoms with E-state index in [0.717, 1.165) is 16.8 Å². The number of hydrogen-bond donors (Lipinski definition) is 1. The number of nitriles is 1. The lowest BCUT2D eigenvalue weighted by atomic mass is 10.2. The van der Waals surface area contributed by atoms with Gasteiger partial charge in [-0.3, -0.25) is 14.8 Å². The SMILES string of the molecule is Cc1[nH]ncc1-c1ncc2c(n1)N(CC#N)C(=O)C2. The van der Waals surface area contributed by atoms with E-state index in [9.17, 15) is 4.79 Å². The fourth-order valence-electron chi connectivity index (χ4n) is 2.07. The monoisotopic (exact) mass is 254 g/mol. The normalized spacial score (nSPS) is 13.5. The Morgan fingerprint density at radius 2 is 2.37 bits per heavy atom. The molecule has 0 atom stereocenters. The van der Waals surface area contributed by atoms with Gasteiger partial charge in [0.15, 0.2) is 5.82 Å². The summed E-state index contributed by atoms with van der Waals surface area (Å²) >= 11 is 0. The molecular weight excluding hydrogens is 244 g/mol. The van der Waals surface area contributed by atoms with Crippen LogP contribution >= 0.6 is 0 Å². The topological polar surface area (TPSA) is 98.6 Å². The van der Waals surface area contributed by atoms with Gasteiger partial charge in [0.25, 0.3) is 0 Å². The molecule has 1 aliphatic rings. The van der Waals surface area contributed by atoms with Crippen LogP contribution < -0.4 is 4.90 Å². The van der Waals surface area contributed by atoms with Gasteiger partial charge in [0.2, 0.25) is 5.91 Å². The first-order valence-corrected chi connectivity index (χ1v) is 5.74. The van der Waals surface area contributed by atoms with Gasteiger partial charge in [-0.25, -0.2) is 9.97 Å². The average molecular weight is 254 g/mol. The van der Waals surface area contributed by atoms with E-state index < -0.39 is 0 Å². The predicted molar refractivity (Wildman–Crippen MR) is 66.0 cm³/mol. The molecule has 0 saturated heterocycles. The van der Waals surface area contributed by atoms with Crippen LogP contribution in [0.5, 0.6) is 0 Å².